The normalized spacial score (nSPS) is 10.8. The van der Waals surface area contributed by atoms with Crippen molar-refractivity contribution in [2.45, 2.75) is 26.3 Å². The molecule has 0 radical (unpaired) electrons. The molecule has 2 aromatic heterocycles. The Labute approximate surface area is 193 Å². The van der Waals surface area contributed by atoms with Gasteiger partial charge in [-0.15, -0.1) is 0 Å². The molecule has 0 saturated heterocycles. The topological polar surface area (TPSA) is 80.1 Å². The van der Waals surface area contributed by atoms with Crippen molar-refractivity contribution in [1.82, 2.24) is 19.9 Å². The summed E-state index contributed by atoms with van der Waals surface area (Å²) >= 11 is 0. The van der Waals surface area contributed by atoms with Crippen molar-refractivity contribution >= 4 is 28.5 Å². The summed E-state index contributed by atoms with van der Waals surface area (Å²) in [6, 6.07) is 21.0. The molecule has 2 aromatic carbocycles. The smallest absolute Gasteiger partial charge is 0.252 e. The maximum absolute atomic E-state index is 13.2. The number of likely N-dealkylation sites (N-methyl/N-ethyl adjacent to an activating group) is 1. The first kappa shape index (κ1) is 22.2. The summed E-state index contributed by atoms with van der Waals surface area (Å²) in [6.45, 7) is 3.28. The van der Waals surface area contributed by atoms with E-state index in [1.165, 1.54) is 0 Å². The van der Waals surface area contributed by atoms with Gasteiger partial charge in [-0.3, -0.25) is 14.6 Å². The van der Waals surface area contributed by atoms with Gasteiger partial charge in [0.25, 0.3) is 5.91 Å². The highest BCUT2D eigenvalue weighted by molar-refractivity contribution is 5.94. The minimum absolute atomic E-state index is 0.0120. The molecule has 4 rings (SSSR count). The number of fused-ring (bicyclic) bond motifs is 1. The Bertz CT molecular complexity index is 1220. The lowest BCUT2D eigenvalue weighted by atomic mass is 10.2. The van der Waals surface area contributed by atoms with Crippen LogP contribution in [0.4, 0.5) is 5.69 Å². The second kappa shape index (κ2) is 10.5. The first-order valence-electron chi connectivity index (χ1n) is 11.1. The van der Waals surface area contributed by atoms with E-state index >= 15 is 0 Å². The molecule has 168 valence electrons. The third-order valence-electron chi connectivity index (χ3n) is 5.50. The number of aromatic nitrogens is 3. The van der Waals surface area contributed by atoms with Crippen LogP contribution in [0.2, 0.25) is 0 Å². The van der Waals surface area contributed by atoms with Gasteiger partial charge in [-0.25, -0.2) is 4.98 Å². The summed E-state index contributed by atoms with van der Waals surface area (Å²) in [5.74, 6) is 0.704. The number of aryl methyl sites for hydroxylation is 1. The van der Waals surface area contributed by atoms with E-state index in [4.69, 9.17) is 4.98 Å². The zero-order chi connectivity index (χ0) is 23.0. The van der Waals surface area contributed by atoms with E-state index in [0.29, 0.717) is 31.5 Å². The zero-order valence-electron chi connectivity index (χ0n) is 18.6. The van der Waals surface area contributed by atoms with Crippen LogP contribution >= 0.6 is 0 Å². The fourth-order valence-corrected chi connectivity index (χ4v) is 3.87. The molecule has 0 aliphatic rings. The fraction of sp³-hybridized carbons (Fsp3) is 0.231. The largest absolute Gasteiger partial charge is 0.352 e. The maximum atomic E-state index is 13.2. The van der Waals surface area contributed by atoms with Crippen molar-refractivity contribution < 1.29 is 9.59 Å². The van der Waals surface area contributed by atoms with Crippen LogP contribution in [0.15, 0.2) is 79.1 Å². The van der Waals surface area contributed by atoms with Gasteiger partial charge in [0.05, 0.1) is 16.6 Å². The van der Waals surface area contributed by atoms with Crippen LogP contribution in [0.25, 0.3) is 11.0 Å². The van der Waals surface area contributed by atoms with E-state index in [2.05, 4.69) is 10.3 Å². The highest BCUT2D eigenvalue weighted by atomic mass is 16.2. The number of benzene rings is 2. The van der Waals surface area contributed by atoms with Crippen LogP contribution in [0.1, 0.15) is 29.5 Å². The number of amides is 2. The number of carbonyl (C=O) groups excluding carboxylic acids is 2. The summed E-state index contributed by atoms with van der Waals surface area (Å²) in [6.07, 6.45) is 4.54. The molecule has 2 amide bonds. The predicted octanol–water partition coefficient (Wildman–Crippen LogP) is 3.85. The number of para-hydroxylation sites is 3. The van der Waals surface area contributed by atoms with Crippen LogP contribution in [-0.4, -0.2) is 39.4 Å². The van der Waals surface area contributed by atoms with Gasteiger partial charge >= 0.3 is 0 Å². The lowest BCUT2D eigenvalue weighted by molar-refractivity contribution is -0.119. The number of nitrogens with one attached hydrogen (secondary N) is 1. The molecule has 7 nitrogen and oxygen atoms in total. The second-order valence-corrected chi connectivity index (χ2v) is 7.68. The van der Waals surface area contributed by atoms with E-state index in [1.54, 1.807) is 29.4 Å². The highest BCUT2D eigenvalue weighted by Gasteiger charge is 2.18. The summed E-state index contributed by atoms with van der Waals surface area (Å²) in [5.41, 5.74) is 3.22. The third-order valence-corrected chi connectivity index (χ3v) is 5.50. The molecule has 0 fully saturated rings. The van der Waals surface area contributed by atoms with E-state index in [0.717, 1.165) is 22.5 Å². The summed E-state index contributed by atoms with van der Waals surface area (Å²) < 4.78 is 1.99. The van der Waals surface area contributed by atoms with Gasteiger partial charge in [-0.05, 0) is 49.7 Å². The van der Waals surface area contributed by atoms with Gasteiger partial charge in [0, 0.05) is 37.6 Å². The molecule has 33 heavy (non-hydrogen) atoms. The number of pyridine rings is 1. The molecule has 4 aromatic rings. The number of nitrogens with zero attached hydrogens (tertiary/aromatic N) is 4. The quantitative estimate of drug-likeness (QED) is 0.400. The Morgan fingerprint density at radius 2 is 1.79 bits per heavy atom. The van der Waals surface area contributed by atoms with Crippen molar-refractivity contribution in [3.05, 3.63) is 90.5 Å². The molecule has 0 saturated carbocycles. The molecule has 0 aliphatic heterocycles. The number of rotatable bonds is 9. The molecule has 0 bridgehead atoms. The Morgan fingerprint density at radius 3 is 2.55 bits per heavy atom. The number of carbonyl (C=O) groups is 2. The number of hydrogen-bond acceptors (Lipinski definition) is 4. The van der Waals surface area contributed by atoms with Gasteiger partial charge < -0.3 is 14.8 Å². The number of hydrogen-bond donors (Lipinski definition) is 1. The highest BCUT2D eigenvalue weighted by Crippen LogP contribution is 2.19. The molecule has 1 N–H and O–H groups in total. The summed E-state index contributed by atoms with van der Waals surface area (Å²) in [7, 11) is 0. The zero-order valence-corrected chi connectivity index (χ0v) is 18.6. The van der Waals surface area contributed by atoms with Crippen molar-refractivity contribution in [2.75, 3.05) is 18.0 Å². The second-order valence-electron chi connectivity index (χ2n) is 7.68. The van der Waals surface area contributed by atoms with E-state index in [9.17, 15) is 9.59 Å². The van der Waals surface area contributed by atoms with Gasteiger partial charge in [0.2, 0.25) is 5.91 Å². The van der Waals surface area contributed by atoms with E-state index in [-0.39, 0.29) is 18.4 Å². The van der Waals surface area contributed by atoms with Crippen molar-refractivity contribution in [1.29, 1.82) is 0 Å². The van der Waals surface area contributed by atoms with Crippen LogP contribution in [-0.2, 0) is 17.8 Å². The van der Waals surface area contributed by atoms with Gasteiger partial charge in [0.15, 0.2) is 0 Å². The maximum Gasteiger partial charge on any atom is 0.252 e. The van der Waals surface area contributed by atoms with Gasteiger partial charge in [0.1, 0.15) is 12.4 Å². The average molecular weight is 442 g/mol. The molecule has 2 heterocycles. The Balaban J connectivity index is 1.46. The standard InChI is InChI=1S/C26H27N5O2/c1-2-30(21-11-4-3-5-12-21)25(32)19-31-23-14-7-6-13-22(23)29-24(31)15-9-17-28-26(33)20-10-8-16-27-18-20/h3-8,10-14,16,18H,2,9,15,17,19H2,1H3,(H,28,33). The lowest BCUT2D eigenvalue weighted by Gasteiger charge is -2.22. The van der Waals surface area contributed by atoms with Crippen LogP contribution in [0, 0.1) is 0 Å². The molecular weight excluding hydrogens is 414 g/mol. The van der Waals surface area contributed by atoms with Crippen LogP contribution < -0.4 is 10.2 Å². The Morgan fingerprint density at radius 1 is 1.00 bits per heavy atom. The summed E-state index contributed by atoms with van der Waals surface area (Å²) in [5, 5.41) is 2.92. The Hall–Kier alpha value is -4.00. The molecule has 0 unspecified atom stereocenters. The number of anilines is 1. The monoisotopic (exact) mass is 441 g/mol. The first-order valence-corrected chi connectivity index (χ1v) is 11.1. The SMILES string of the molecule is CCN(C(=O)Cn1c(CCCNC(=O)c2cccnc2)nc2ccccc21)c1ccccc1. The van der Waals surface area contributed by atoms with Crippen molar-refractivity contribution in [3.8, 4) is 0 Å². The van der Waals surface area contributed by atoms with Gasteiger partial charge in [-0.2, -0.15) is 0 Å². The van der Waals surface area contributed by atoms with Gasteiger partial charge in [-0.1, -0.05) is 30.3 Å². The fourth-order valence-electron chi connectivity index (χ4n) is 3.87. The van der Waals surface area contributed by atoms with E-state index < -0.39 is 0 Å². The molecule has 0 atom stereocenters. The van der Waals surface area contributed by atoms with Crippen LogP contribution in [0.5, 0.6) is 0 Å². The molecular formula is C26H27N5O2. The summed E-state index contributed by atoms with van der Waals surface area (Å²) in [4.78, 5) is 36.0. The minimum atomic E-state index is -0.145. The van der Waals surface area contributed by atoms with Crippen molar-refractivity contribution in [2.24, 2.45) is 0 Å². The minimum Gasteiger partial charge on any atom is -0.352 e. The predicted molar refractivity (Wildman–Crippen MR) is 129 cm³/mol. The molecule has 0 spiro atoms. The number of imidazole rings is 1. The average Bonchev–Trinajstić information content (AvgIpc) is 3.20. The third kappa shape index (κ3) is 5.26. The van der Waals surface area contributed by atoms with Crippen molar-refractivity contribution in [3.63, 3.8) is 0 Å². The molecule has 7 heteroatoms. The first-order chi connectivity index (χ1) is 16.2. The molecule has 0 aliphatic carbocycles. The lowest BCUT2D eigenvalue weighted by Crippen LogP contribution is -2.34. The van der Waals surface area contributed by atoms with E-state index in [1.807, 2.05) is 66.1 Å². The van der Waals surface area contributed by atoms with Crippen LogP contribution in [0.3, 0.4) is 0 Å². The Kier molecular flexibility index (Phi) is 7.09.